The van der Waals surface area contributed by atoms with Gasteiger partial charge in [0.2, 0.25) is 0 Å². The Morgan fingerprint density at radius 2 is 1.77 bits per heavy atom. The Balaban J connectivity index is 1.93. The monoisotopic (exact) mass is 298 g/mol. The number of para-hydroxylation sites is 2. The van der Waals surface area contributed by atoms with Crippen LogP contribution in [0.4, 0.5) is 10.5 Å². The lowest BCUT2D eigenvalue weighted by atomic mass is 10.1. The van der Waals surface area contributed by atoms with Gasteiger partial charge in [0, 0.05) is 6.54 Å². The summed E-state index contributed by atoms with van der Waals surface area (Å²) in [6.45, 7) is 6.43. The highest BCUT2D eigenvalue weighted by atomic mass is 16.5. The van der Waals surface area contributed by atoms with Crippen molar-refractivity contribution in [3.63, 3.8) is 0 Å². The van der Waals surface area contributed by atoms with Crippen LogP contribution in [0.15, 0.2) is 48.5 Å². The van der Waals surface area contributed by atoms with Crippen molar-refractivity contribution in [1.29, 1.82) is 0 Å². The molecule has 2 N–H and O–H groups in total. The topological polar surface area (TPSA) is 50.4 Å². The number of ether oxygens (including phenoxy) is 1. The van der Waals surface area contributed by atoms with E-state index in [9.17, 15) is 4.79 Å². The SMILES string of the molecule is Cc1ccc(CNC(=O)Nc2ccccc2OC(C)C)cc1. The molecule has 0 aromatic heterocycles. The average molecular weight is 298 g/mol. The Morgan fingerprint density at radius 3 is 2.45 bits per heavy atom. The van der Waals surface area contributed by atoms with E-state index in [-0.39, 0.29) is 12.1 Å². The normalized spacial score (nSPS) is 10.4. The molecule has 4 heteroatoms. The summed E-state index contributed by atoms with van der Waals surface area (Å²) in [5.41, 5.74) is 2.93. The maximum atomic E-state index is 12.0. The average Bonchev–Trinajstić information content (AvgIpc) is 2.48. The van der Waals surface area contributed by atoms with Crippen molar-refractivity contribution in [2.45, 2.75) is 33.4 Å². The van der Waals surface area contributed by atoms with Crippen LogP contribution in [0.1, 0.15) is 25.0 Å². The fourth-order valence-electron chi connectivity index (χ4n) is 1.98. The number of anilines is 1. The summed E-state index contributed by atoms with van der Waals surface area (Å²) in [5.74, 6) is 0.669. The largest absolute Gasteiger partial charge is 0.489 e. The third kappa shape index (κ3) is 4.81. The van der Waals surface area contributed by atoms with Gasteiger partial charge in [-0.05, 0) is 38.5 Å². The second-order valence-electron chi connectivity index (χ2n) is 5.46. The van der Waals surface area contributed by atoms with Gasteiger partial charge < -0.3 is 15.4 Å². The van der Waals surface area contributed by atoms with Gasteiger partial charge in [0.15, 0.2) is 0 Å². The zero-order valence-corrected chi connectivity index (χ0v) is 13.2. The van der Waals surface area contributed by atoms with E-state index in [1.165, 1.54) is 5.56 Å². The van der Waals surface area contributed by atoms with E-state index < -0.39 is 0 Å². The lowest BCUT2D eigenvalue weighted by Crippen LogP contribution is -2.28. The minimum atomic E-state index is -0.250. The van der Waals surface area contributed by atoms with Gasteiger partial charge in [-0.2, -0.15) is 0 Å². The molecular formula is C18H22N2O2. The summed E-state index contributed by atoms with van der Waals surface area (Å²) in [4.78, 5) is 12.0. The van der Waals surface area contributed by atoms with Gasteiger partial charge >= 0.3 is 6.03 Å². The molecule has 2 rings (SSSR count). The molecule has 0 aliphatic heterocycles. The summed E-state index contributed by atoms with van der Waals surface area (Å²) in [5, 5.41) is 5.66. The van der Waals surface area contributed by atoms with Gasteiger partial charge in [0.05, 0.1) is 11.8 Å². The Bertz CT molecular complexity index is 621. The number of rotatable bonds is 5. The van der Waals surface area contributed by atoms with Crippen molar-refractivity contribution in [3.8, 4) is 5.75 Å². The smallest absolute Gasteiger partial charge is 0.319 e. The van der Waals surface area contributed by atoms with Crippen LogP contribution in [0, 0.1) is 6.92 Å². The molecule has 0 saturated carbocycles. The van der Waals surface area contributed by atoms with E-state index in [0.29, 0.717) is 18.0 Å². The first-order valence-electron chi connectivity index (χ1n) is 7.40. The first-order chi connectivity index (χ1) is 10.5. The van der Waals surface area contributed by atoms with Crippen molar-refractivity contribution in [1.82, 2.24) is 5.32 Å². The number of carbonyl (C=O) groups excluding carboxylic acids is 1. The lowest BCUT2D eigenvalue weighted by Gasteiger charge is -2.15. The van der Waals surface area contributed by atoms with Gasteiger partial charge in [-0.25, -0.2) is 4.79 Å². The number of benzene rings is 2. The predicted octanol–water partition coefficient (Wildman–Crippen LogP) is 4.10. The number of urea groups is 1. The number of hydrogen-bond donors (Lipinski definition) is 2. The van der Waals surface area contributed by atoms with E-state index in [2.05, 4.69) is 10.6 Å². The fraction of sp³-hybridized carbons (Fsp3) is 0.278. The number of hydrogen-bond acceptors (Lipinski definition) is 2. The molecule has 2 aromatic rings. The van der Waals surface area contributed by atoms with Gasteiger partial charge in [0.25, 0.3) is 0 Å². The molecule has 2 aromatic carbocycles. The highest BCUT2D eigenvalue weighted by Crippen LogP contribution is 2.24. The molecule has 0 aliphatic rings. The molecule has 0 radical (unpaired) electrons. The molecule has 0 unspecified atom stereocenters. The molecule has 0 aliphatic carbocycles. The van der Waals surface area contributed by atoms with Gasteiger partial charge in [-0.1, -0.05) is 42.0 Å². The van der Waals surface area contributed by atoms with Crippen LogP contribution in [0.25, 0.3) is 0 Å². The summed E-state index contributed by atoms with van der Waals surface area (Å²) in [7, 11) is 0. The van der Waals surface area contributed by atoms with Crippen LogP contribution in [0.2, 0.25) is 0 Å². The zero-order chi connectivity index (χ0) is 15.9. The Labute approximate surface area is 131 Å². The van der Waals surface area contributed by atoms with E-state index in [1.54, 1.807) is 0 Å². The van der Waals surface area contributed by atoms with Crippen LogP contribution in [0.3, 0.4) is 0 Å². The maximum Gasteiger partial charge on any atom is 0.319 e. The minimum absolute atomic E-state index is 0.0542. The van der Waals surface area contributed by atoms with Gasteiger partial charge in [0.1, 0.15) is 5.75 Å². The number of aryl methyl sites for hydroxylation is 1. The molecule has 0 atom stereocenters. The Kier molecular flexibility index (Phi) is 5.42. The molecular weight excluding hydrogens is 276 g/mol. The summed E-state index contributed by atoms with van der Waals surface area (Å²) < 4.78 is 5.68. The van der Waals surface area contributed by atoms with Gasteiger partial charge in [-0.3, -0.25) is 0 Å². The fourth-order valence-corrected chi connectivity index (χ4v) is 1.98. The molecule has 0 bridgehead atoms. The quantitative estimate of drug-likeness (QED) is 0.873. The van der Waals surface area contributed by atoms with Crippen LogP contribution in [-0.2, 0) is 6.54 Å². The first-order valence-corrected chi connectivity index (χ1v) is 7.40. The summed E-state index contributed by atoms with van der Waals surface area (Å²) >= 11 is 0. The van der Waals surface area contributed by atoms with E-state index in [1.807, 2.05) is 69.3 Å². The zero-order valence-electron chi connectivity index (χ0n) is 13.2. The van der Waals surface area contributed by atoms with Crippen molar-refractivity contribution >= 4 is 11.7 Å². The number of nitrogens with one attached hydrogen (secondary N) is 2. The second-order valence-corrected chi connectivity index (χ2v) is 5.46. The Morgan fingerprint density at radius 1 is 1.09 bits per heavy atom. The predicted molar refractivity (Wildman–Crippen MR) is 89.2 cm³/mol. The van der Waals surface area contributed by atoms with Crippen LogP contribution in [-0.4, -0.2) is 12.1 Å². The van der Waals surface area contributed by atoms with Crippen molar-refractivity contribution in [2.75, 3.05) is 5.32 Å². The summed E-state index contributed by atoms with van der Waals surface area (Å²) in [6, 6.07) is 15.2. The first kappa shape index (κ1) is 15.9. The van der Waals surface area contributed by atoms with Crippen LogP contribution in [0.5, 0.6) is 5.75 Å². The molecule has 0 heterocycles. The molecule has 22 heavy (non-hydrogen) atoms. The minimum Gasteiger partial charge on any atom is -0.489 e. The van der Waals surface area contributed by atoms with Crippen LogP contribution < -0.4 is 15.4 Å². The van der Waals surface area contributed by atoms with E-state index >= 15 is 0 Å². The number of amides is 2. The van der Waals surface area contributed by atoms with Crippen molar-refractivity contribution in [3.05, 3.63) is 59.7 Å². The molecule has 2 amide bonds. The van der Waals surface area contributed by atoms with E-state index in [4.69, 9.17) is 4.74 Å². The Hall–Kier alpha value is -2.49. The maximum absolute atomic E-state index is 12.0. The van der Waals surface area contributed by atoms with Crippen molar-refractivity contribution in [2.24, 2.45) is 0 Å². The van der Waals surface area contributed by atoms with Crippen LogP contribution >= 0.6 is 0 Å². The highest BCUT2D eigenvalue weighted by Gasteiger charge is 2.08. The molecule has 0 fully saturated rings. The molecule has 0 saturated heterocycles. The summed E-state index contributed by atoms with van der Waals surface area (Å²) in [6.07, 6.45) is 0.0542. The molecule has 0 spiro atoms. The van der Waals surface area contributed by atoms with E-state index in [0.717, 1.165) is 5.56 Å². The third-order valence-electron chi connectivity index (χ3n) is 3.07. The highest BCUT2D eigenvalue weighted by molar-refractivity contribution is 5.90. The number of carbonyl (C=O) groups is 1. The molecule has 116 valence electrons. The van der Waals surface area contributed by atoms with Gasteiger partial charge in [-0.15, -0.1) is 0 Å². The lowest BCUT2D eigenvalue weighted by molar-refractivity contribution is 0.241. The van der Waals surface area contributed by atoms with Crippen molar-refractivity contribution < 1.29 is 9.53 Å². The molecule has 4 nitrogen and oxygen atoms in total. The third-order valence-corrected chi connectivity index (χ3v) is 3.07. The second kappa shape index (κ2) is 7.50. The standard InChI is InChI=1S/C18H22N2O2/c1-13(2)22-17-7-5-4-6-16(17)20-18(21)19-12-15-10-8-14(3)9-11-15/h4-11,13H,12H2,1-3H3,(H2,19,20,21).